The predicted molar refractivity (Wildman–Crippen MR) is 80.4 cm³/mol. The van der Waals surface area contributed by atoms with Gasteiger partial charge in [0.1, 0.15) is 0 Å². The molecule has 0 bridgehead atoms. The van der Waals surface area contributed by atoms with Gasteiger partial charge in [0, 0.05) is 17.4 Å². The van der Waals surface area contributed by atoms with Gasteiger partial charge < -0.3 is 4.90 Å². The second-order valence-electron chi connectivity index (χ2n) is 4.19. The van der Waals surface area contributed by atoms with E-state index in [0.717, 1.165) is 10.4 Å². The molecule has 19 heavy (non-hydrogen) atoms. The van der Waals surface area contributed by atoms with Crippen LogP contribution in [0.15, 0.2) is 59.4 Å². The molecule has 0 aliphatic heterocycles. The molecule has 4 heteroatoms. The van der Waals surface area contributed by atoms with Gasteiger partial charge in [0.15, 0.2) is 5.13 Å². The third kappa shape index (κ3) is 2.22. The highest BCUT2D eigenvalue weighted by atomic mass is 32.1. The van der Waals surface area contributed by atoms with Gasteiger partial charge in [-0.1, -0.05) is 41.7 Å². The molecule has 0 amide bonds. The summed E-state index contributed by atoms with van der Waals surface area (Å²) in [5.41, 5.74) is 0.841. The third-order valence-corrected chi connectivity index (χ3v) is 4.07. The molecule has 1 heterocycles. The van der Waals surface area contributed by atoms with Gasteiger partial charge in [-0.3, -0.25) is 4.79 Å². The highest BCUT2D eigenvalue weighted by molar-refractivity contribution is 7.21. The van der Waals surface area contributed by atoms with Crippen LogP contribution in [0.5, 0.6) is 0 Å². The zero-order chi connectivity index (χ0) is 13.2. The van der Waals surface area contributed by atoms with Crippen LogP contribution < -0.4 is 10.5 Å². The molecular weight excluding hydrogens is 256 g/mol. The Morgan fingerprint density at radius 2 is 1.68 bits per heavy atom. The summed E-state index contributed by atoms with van der Waals surface area (Å²) in [7, 11) is 1.92. The molecule has 0 spiro atoms. The number of hydrogen-bond acceptors (Lipinski definition) is 4. The second-order valence-corrected chi connectivity index (χ2v) is 5.20. The number of rotatable bonds is 2. The smallest absolute Gasteiger partial charge is 0.281 e. The van der Waals surface area contributed by atoms with E-state index in [0.29, 0.717) is 10.5 Å². The Bertz CT molecular complexity index is 768. The summed E-state index contributed by atoms with van der Waals surface area (Å²) in [6.07, 6.45) is 0. The van der Waals surface area contributed by atoms with Crippen LogP contribution in [-0.2, 0) is 0 Å². The molecule has 0 N–H and O–H groups in total. The summed E-state index contributed by atoms with van der Waals surface area (Å²) in [4.78, 5) is 18.1. The summed E-state index contributed by atoms with van der Waals surface area (Å²) in [6.45, 7) is 0. The average molecular weight is 268 g/mol. The van der Waals surface area contributed by atoms with Crippen molar-refractivity contribution in [3.05, 3.63) is 65.0 Å². The zero-order valence-electron chi connectivity index (χ0n) is 10.4. The molecule has 3 rings (SSSR count). The number of fused-ring (bicyclic) bond motifs is 1. The Kier molecular flexibility index (Phi) is 3.01. The lowest BCUT2D eigenvalue weighted by Gasteiger charge is -2.17. The topological polar surface area (TPSA) is 33.2 Å². The molecular formula is C15H12N2OS. The maximum atomic E-state index is 12.0. The van der Waals surface area contributed by atoms with Gasteiger partial charge in [-0.25, -0.2) is 0 Å². The number of nitrogens with zero attached hydrogens (tertiary/aromatic N) is 2. The molecule has 3 aromatic rings. The Labute approximate surface area is 114 Å². The van der Waals surface area contributed by atoms with Gasteiger partial charge in [-0.15, -0.1) is 0 Å². The molecule has 0 saturated heterocycles. The normalized spacial score (nSPS) is 10.6. The van der Waals surface area contributed by atoms with Gasteiger partial charge in [0.25, 0.3) is 5.56 Å². The molecule has 1 aromatic heterocycles. The highest BCUT2D eigenvalue weighted by Crippen LogP contribution is 2.27. The van der Waals surface area contributed by atoms with E-state index < -0.39 is 0 Å². The molecule has 0 unspecified atom stereocenters. The van der Waals surface area contributed by atoms with Crippen molar-refractivity contribution in [2.45, 2.75) is 0 Å². The molecule has 3 nitrogen and oxygen atoms in total. The van der Waals surface area contributed by atoms with Crippen LogP contribution in [0.2, 0.25) is 0 Å². The molecule has 0 radical (unpaired) electrons. The standard InChI is InChI=1S/C15H12N2OS/c1-17(11-7-3-2-4-8-11)15-16-14(18)12-9-5-6-10-13(12)19-15/h2-10H,1H3. The van der Waals surface area contributed by atoms with Crippen molar-refractivity contribution in [3.63, 3.8) is 0 Å². The van der Waals surface area contributed by atoms with Gasteiger partial charge >= 0.3 is 0 Å². The molecule has 0 fully saturated rings. The Hall–Kier alpha value is -2.20. The van der Waals surface area contributed by atoms with E-state index in [2.05, 4.69) is 4.98 Å². The van der Waals surface area contributed by atoms with Crippen molar-refractivity contribution in [3.8, 4) is 0 Å². The molecule has 0 aliphatic rings. The van der Waals surface area contributed by atoms with E-state index in [1.165, 1.54) is 11.3 Å². The second kappa shape index (κ2) is 4.82. The fourth-order valence-corrected chi connectivity index (χ4v) is 2.89. The molecule has 2 aromatic carbocycles. The summed E-state index contributed by atoms with van der Waals surface area (Å²) in [5.74, 6) is 0. The van der Waals surface area contributed by atoms with Crippen LogP contribution >= 0.6 is 11.3 Å². The molecule has 94 valence electrons. The number of aromatic nitrogens is 1. The van der Waals surface area contributed by atoms with Crippen LogP contribution in [-0.4, -0.2) is 12.0 Å². The fourth-order valence-electron chi connectivity index (χ4n) is 1.91. The van der Waals surface area contributed by atoms with Gasteiger partial charge in [-0.05, 0) is 24.3 Å². The van der Waals surface area contributed by atoms with Crippen LogP contribution in [0.3, 0.4) is 0 Å². The van der Waals surface area contributed by atoms with E-state index in [1.54, 1.807) is 0 Å². The maximum Gasteiger partial charge on any atom is 0.281 e. The van der Waals surface area contributed by atoms with Crippen LogP contribution in [0.25, 0.3) is 10.1 Å². The minimum Gasteiger partial charge on any atom is -0.321 e. The summed E-state index contributed by atoms with van der Waals surface area (Å²) in [6, 6.07) is 17.4. The highest BCUT2D eigenvalue weighted by Gasteiger charge is 2.09. The van der Waals surface area contributed by atoms with E-state index in [1.807, 2.05) is 66.5 Å². The largest absolute Gasteiger partial charge is 0.321 e. The first-order chi connectivity index (χ1) is 9.25. The van der Waals surface area contributed by atoms with E-state index in [9.17, 15) is 4.79 Å². The molecule has 0 atom stereocenters. The van der Waals surface area contributed by atoms with Crippen molar-refractivity contribution in [1.82, 2.24) is 4.98 Å². The van der Waals surface area contributed by atoms with Crippen molar-refractivity contribution < 1.29 is 0 Å². The molecule has 0 saturated carbocycles. The first kappa shape index (κ1) is 11.9. The first-order valence-corrected chi connectivity index (χ1v) is 6.76. The summed E-state index contributed by atoms with van der Waals surface area (Å²) >= 11 is 1.52. The Balaban J connectivity index is 2.14. The lowest BCUT2D eigenvalue weighted by molar-refractivity contribution is 1.15. The number of hydrogen-bond donors (Lipinski definition) is 0. The quantitative estimate of drug-likeness (QED) is 0.714. The Morgan fingerprint density at radius 1 is 1.00 bits per heavy atom. The van der Waals surface area contributed by atoms with Crippen LogP contribution in [0.4, 0.5) is 10.8 Å². The van der Waals surface area contributed by atoms with Crippen LogP contribution in [0, 0.1) is 0 Å². The summed E-state index contributed by atoms with van der Waals surface area (Å²) in [5, 5.41) is 1.38. The SMILES string of the molecule is CN(c1ccccc1)c1nc(=O)c2ccccc2s1. The van der Waals surface area contributed by atoms with Crippen molar-refractivity contribution in [1.29, 1.82) is 0 Å². The first-order valence-electron chi connectivity index (χ1n) is 5.94. The number of anilines is 2. The van der Waals surface area contributed by atoms with Crippen molar-refractivity contribution in [2.24, 2.45) is 0 Å². The van der Waals surface area contributed by atoms with Crippen molar-refractivity contribution >= 4 is 32.2 Å². The van der Waals surface area contributed by atoms with Crippen molar-refractivity contribution in [2.75, 3.05) is 11.9 Å². The monoisotopic (exact) mass is 268 g/mol. The minimum absolute atomic E-state index is 0.174. The molecule has 0 aliphatic carbocycles. The fraction of sp³-hybridized carbons (Fsp3) is 0.0667. The third-order valence-electron chi connectivity index (χ3n) is 2.95. The maximum absolute atomic E-state index is 12.0. The minimum atomic E-state index is -0.174. The van der Waals surface area contributed by atoms with E-state index >= 15 is 0 Å². The van der Waals surface area contributed by atoms with E-state index in [-0.39, 0.29) is 5.56 Å². The Morgan fingerprint density at radius 3 is 2.47 bits per heavy atom. The average Bonchev–Trinajstić information content (AvgIpc) is 2.47. The van der Waals surface area contributed by atoms with Gasteiger partial charge in [-0.2, -0.15) is 4.98 Å². The lowest BCUT2D eigenvalue weighted by Crippen LogP contribution is -2.15. The van der Waals surface area contributed by atoms with Crippen LogP contribution in [0.1, 0.15) is 0 Å². The lowest BCUT2D eigenvalue weighted by atomic mass is 10.3. The van der Waals surface area contributed by atoms with E-state index in [4.69, 9.17) is 0 Å². The predicted octanol–water partition coefficient (Wildman–Crippen LogP) is 3.42. The number of benzene rings is 2. The number of para-hydroxylation sites is 1. The zero-order valence-corrected chi connectivity index (χ0v) is 11.2. The van der Waals surface area contributed by atoms with Gasteiger partial charge in [0.2, 0.25) is 0 Å². The summed E-state index contributed by atoms with van der Waals surface area (Å²) < 4.78 is 0.959. The van der Waals surface area contributed by atoms with Gasteiger partial charge in [0.05, 0.1) is 5.39 Å².